The fourth-order valence-electron chi connectivity index (χ4n) is 1.31. The van der Waals surface area contributed by atoms with E-state index < -0.39 is 0 Å². The van der Waals surface area contributed by atoms with E-state index in [0.29, 0.717) is 10.0 Å². The molecule has 0 fully saturated rings. The van der Waals surface area contributed by atoms with Crippen LogP contribution in [0.5, 0.6) is 0 Å². The average molecular weight is 200 g/mol. The second kappa shape index (κ2) is 2.68. The van der Waals surface area contributed by atoms with Crippen LogP contribution < -0.4 is 0 Å². The summed E-state index contributed by atoms with van der Waals surface area (Å²) in [7, 11) is 0. The molecule has 0 atom stereocenters. The zero-order valence-electron chi connectivity index (χ0n) is 6.49. The van der Waals surface area contributed by atoms with Crippen LogP contribution >= 0.6 is 23.2 Å². The van der Waals surface area contributed by atoms with E-state index in [0.717, 1.165) is 16.5 Å². The van der Waals surface area contributed by atoms with E-state index in [-0.39, 0.29) is 0 Å². The molecule has 0 aliphatic heterocycles. The molecule has 0 aliphatic rings. The van der Waals surface area contributed by atoms with Crippen LogP contribution in [0.15, 0.2) is 18.3 Å². The molecule has 1 N–H and O–H groups in total. The first-order valence-electron chi connectivity index (χ1n) is 3.62. The average Bonchev–Trinajstić information content (AvgIpc) is 2.41. The number of halogens is 2. The summed E-state index contributed by atoms with van der Waals surface area (Å²) in [6.07, 6.45) is 1.92. The Morgan fingerprint density at radius 1 is 1.25 bits per heavy atom. The van der Waals surface area contributed by atoms with Crippen molar-refractivity contribution in [3.8, 4) is 0 Å². The van der Waals surface area contributed by atoms with Crippen LogP contribution in [0.3, 0.4) is 0 Å². The summed E-state index contributed by atoms with van der Waals surface area (Å²) in [6, 6.07) is 3.72. The smallest absolute Gasteiger partial charge is 0.0688 e. The first kappa shape index (κ1) is 7.96. The number of aromatic nitrogens is 1. The van der Waals surface area contributed by atoms with Crippen molar-refractivity contribution in [2.24, 2.45) is 0 Å². The largest absolute Gasteiger partial charge is 0.361 e. The van der Waals surface area contributed by atoms with Crippen molar-refractivity contribution in [3.63, 3.8) is 0 Å². The van der Waals surface area contributed by atoms with Crippen LogP contribution in [0.4, 0.5) is 0 Å². The second-order valence-corrected chi connectivity index (χ2v) is 3.54. The highest BCUT2D eigenvalue weighted by atomic mass is 35.5. The standard InChI is InChI=1S/C9H7Cl2N/c1-5-4-12-7-3-2-6(10)9(11)8(5)7/h2-4,12H,1H3. The van der Waals surface area contributed by atoms with E-state index in [1.165, 1.54) is 0 Å². The van der Waals surface area contributed by atoms with Gasteiger partial charge in [0.25, 0.3) is 0 Å². The summed E-state index contributed by atoms with van der Waals surface area (Å²) in [5.74, 6) is 0. The monoisotopic (exact) mass is 199 g/mol. The predicted octanol–water partition coefficient (Wildman–Crippen LogP) is 3.78. The molecule has 2 rings (SSSR count). The van der Waals surface area contributed by atoms with Gasteiger partial charge in [-0.15, -0.1) is 0 Å². The molecule has 12 heavy (non-hydrogen) atoms. The minimum atomic E-state index is 0.604. The van der Waals surface area contributed by atoms with Gasteiger partial charge in [-0.2, -0.15) is 0 Å². The van der Waals surface area contributed by atoms with Gasteiger partial charge in [0.1, 0.15) is 0 Å². The molecule has 0 saturated heterocycles. The molecular formula is C9H7Cl2N. The Balaban J connectivity index is 2.96. The van der Waals surface area contributed by atoms with Gasteiger partial charge in [-0.05, 0) is 24.6 Å². The van der Waals surface area contributed by atoms with Crippen molar-refractivity contribution >= 4 is 34.1 Å². The SMILES string of the molecule is Cc1c[nH]c2ccc(Cl)c(Cl)c12. The number of hydrogen-bond acceptors (Lipinski definition) is 0. The lowest BCUT2D eigenvalue weighted by Crippen LogP contribution is -1.73. The van der Waals surface area contributed by atoms with E-state index in [1.807, 2.05) is 19.2 Å². The van der Waals surface area contributed by atoms with E-state index in [2.05, 4.69) is 4.98 Å². The van der Waals surface area contributed by atoms with E-state index in [1.54, 1.807) is 6.07 Å². The molecule has 0 bridgehead atoms. The Bertz CT molecular complexity index is 431. The zero-order valence-corrected chi connectivity index (χ0v) is 8.00. The maximum atomic E-state index is 6.02. The second-order valence-electron chi connectivity index (χ2n) is 2.76. The van der Waals surface area contributed by atoms with Crippen molar-refractivity contribution in [3.05, 3.63) is 33.9 Å². The fraction of sp³-hybridized carbons (Fsp3) is 0.111. The highest BCUT2D eigenvalue weighted by molar-refractivity contribution is 6.45. The van der Waals surface area contributed by atoms with Gasteiger partial charge in [0.2, 0.25) is 0 Å². The Hall–Kier alpha value is -0.660. The summed E-state index contributed by atoms with van der Waals surface area (Å²) in [5.41, 5.74) is 2.15. The minimum Gasteiger partial charge on any atom is -0.361 e. The summed E-state index contributed by atoms with van der Waals surface area (Å²) in [5, 5.41) is 2.25. The van der Waals surface area contributed by atoms with Crippen LogP contribution in [-0.2, 0) is 0 Å². The maximum absolute atomic E-state index is 6.02. The van der Waals surface area contributed by atoms with E-state index >= 15 is 0 Å². The lowest BCUT2D eigenvalue weighted by molar-refractivity contribution is 1.43. The van der Waals surface area contributed by atoms with Gasteiger partial charge < -0.3 is 4.98 Å². The first-order valence-corrected chi connectivity index (χ1v) is 4.37. The van der Waals surface area contributed by atoms with Crippen molar-refractivity contribution < 1.29 is 0 Å². The van der Waals surface area contributed by atoms with E-state index in [9.17, 15) is 0 Å². The zero-order chi connectivity index (χ0) is 8.72. The third kappa shape index (κ3) is 1.01. The molecule has 1 heterocycles. The molecular weight excluding hydrogens is 193 g/mol. The first-order chi connectivity index (χ1) is 5.70. The Labute approximate surface area is 80.3 Å². The highest BCUT2D eigenvalue weighted by Gasteiger charge is 2.06. The maximum Gasteiger partial charge on any atom is 0.0688 e. The molecule has 62 valence electrons. The number of rotatable bonds is 0. The molecule has 1 aromatic heterocycles. The number of fused-ring (bicyclic) bond motifs is 1. The quantitative estimate of drug-likeness (QED) is 0.665. The normalized spacial score (nSPS) is 10.9. The topological polar surface area (TPSA) is 15.8 Å². The lowest BCUT2D eigenvalue weighted by Gasteiger charge is -1.97. The number of benzene rings is 1. The van der Waals surface area contributed by atoms with Crippen LogP contribution in [0.1, 0.15) is 5.56 Å². The highest BCUT2D eigenvalue weighted by Crippen LogP contribution is 2.32. The molecule has 0 radical (unpaired) electrons. The van der Waals surface area contributed by atoms with Crippen molar-refractivity contribution in [1.29, 1.82) is 0 Å². The van der Waals surface area contributed by atoms with Gasteiger partial charge in [-0.1, -0.05) is 23.2 Å². The number of nitrogens with one attached hydrogen (secondary N) is 1. The summed E-state index contributed by atoms with van der Waals surface area (Å²) in [6.45, 7) is 2.00. The minimum absolute atomic E-state index is 0.604. The lowest BCUT2D eigenvalue weighted by atomic mass is 10.2. The van der Waals surface area contributed by atoms with Gasteiger partial charge in [0, 0.05) is 17.1 Å². The summed E-state index contributed by atoms with van der Waals surface area (Å²) in [4.78, 5) is 3.11. The Morgan fingerprint density at radius 3 is 2.75 bits per heavy atom. The van der Waals surface area contributed by atoms with Crippen LogP contribution in [0.25, 0.3) is 10.9 Å². The fourth-order valence-corrected chi connectivity index (χ4v) is 1.79. The molecule has 0 saturated carbocycles. The molecule has 0 unspecified atom stereocenters. The van der Waals surface area contributed by atoms with Crippen LogP contribution in [-0.4, -0.2) is 4.98 Å². The molecule has 0 aliphatic carbocycles. The van der Waals surface area contributed by atoms with E-state index in [4.69, 9.17) is 23.2 Å². The van der Waals surface area contributed by atoms with Crippen molar-refractivity contribution in [2.45, 2.75) is 6.92 Å². The molecule has 1 aromatic carbocycles. The van der Waals surface area contributed by atoms with Gasteiger partial charge in [0.15, 0.2) is 0 Å². The number of aromatic amines is 1. The van der Waals surface area contributed by atoms with Gasteiger partial charge in [0.05, 0.1) is 10.0 Å². The Morgan fingerprint density at radius 2 is 2.00 bits per heavy atom. The number of aryl methyl sites for hydroxylation is 1. The predicted molar refractivity (Wildman–Crippen MR) is 53.1 cm³/mol. The number of hydrogen-bond donors (Lipinski definition) is 1. The van der Waals surface area contributed by atoms with Gasteiger partial charge in [-0.3, -0.25) is 0 Å². The van der Waals surface area contributed by atoms with Crippen molar-refractivity contribution in [2.75, 3.05) is 0 Å². The Kier molecular flexibility index (Phi) is 1.78. The third-order valence-electron chi connectivity index (χ3n) is 1.93. The van der Waals surface area contributed by atoms with Crippen LogP contribution in [0, 0.1) is 6.92 Å². The molecule has 0 spiro atoms. The van der Waals surface area contributed by atoms with Crippen LogP contribution in [0.2, 0.25) is 10.0 Å². The summed E-state index contributed by atoms with van der Waals surface area (Å²) < 4.78 is 0. The van der Waals surface area contributed by atoms with Crippen molar-refractivity contribution in [1.82, 2.24) is 4.98 Å². The molecule has 0 amide bonds. The van der Waals surface area contributed by atoms with Gasteiger partial charge >= 0.3 is 0 Å². The summed E-state index contributed by atoms with van der Waals surface area (Å²) >= 11 is 11.9. The third-order valence-corrected chi connectivity index (χ3v) is 2.74. The molecule has 2 aromatic rings. The molecule has 3 heteroatoms. The molecule has 1 nitrogen and oxygen atoms in total. The number of H-pyrrole nitrogens is 1. The van der Waals surface area contributed by atoms with Gasteiger partial charge in [-0.25, -0.2) is 0 Å².